The van der Waals surface area contributed by atoms with Crippen LogP contribution in [0.2, 0.25) is 5.02 Å². The Morgan fingerprint density at radius 1 is 1.16 bits per heavy atom. The van der Waals surface area contributed by atoms with Gasteiger partial charge in [-0.25, -0.2) is 27.2 Å². The molecule has 2 aliphatic rings. The van der Waals surface area contributed by atoms with Gasteiger partial charge < -0.3 is 10.0 Å². The molecule has 0 saturated carbocycles. The first kappa shape index (κ1) is 30.4. The molecule has 3 atom stereocenters. The largest absolute Gasteiger partial charge is 0.387 e. The quantitative estimate of drug-likeness (QED) is 0.246. The Bertz CT molecular complexity index is 1820. The lowest BCUT2D eigenvalue weighted by Crippen LogP contribution is -2.40. The van der Waals surface area contributed by atoms with Gasteiger partial charge in [-0.1, -0.05) is 23.7 Å². The maximum absolute atomic E-state index is 14.0. The molecule has 0 spiro atoms. The molecular weight excluding hydrogens is 639 g/mol. The third kappa shape index (κ3) is 6.28. The van der Waals surface area contributed by atoms with E-state index in [1.165, 1.54) is 35.7 Å². The number of nitrogens with one attached hydrogen (secondary N) is 1. The normalized spacial score (nSPS) is 19.4. The summed E-state index contributed by atoms with van der Waals surface area (Å²) >= 11 is 7.81. The maximum atomic E-state index is 14.0. The van der Waals surface area contributed by atoms with Crippen molar-refractivity contribution < 1.29 is 26.7 Å². The average Bonchev–Trinajstić information content (AvgIpc) is 3.77. The molecule has 1 unspecified atom stereocenters. The van der Waals surface area contributed by atoms with Crippen molar-refractivity contribution in [1.29, 1.82) is 0 Å². The highest BCUT2D eigenvalue weighted by Gasteiger charge is 2.42. The molecular formula is C28H25ClF3N7O3S2. The molecule has 2 N–H and O–H groups in total. The average molecular weight is 664 g/mol. The molecule has 1 aromatic carbocycles. The van der Waals surface area contributed by atoms with Gasteiger partial charge in [-0.05, 0) is 36.8 Å². The van der Waals surface area contributed by atoms with Crippen LogP contribution in [0.1, 0.15) is 53.5 Å². The second kappa shape index (κ2) is 12.4. The van der Waals surface area contributed by atoms with Crippen molar-refractivity contribution in [2.45, 2.75) is 37.6 Å². The van der Waals surface area contributed by atoms with Crippen LogP contribution >= 0.6 is 22.9 Å². The van der Waals surface area contributed by atoms with Crippen molar-refractivity contribution in [2.75, 3.05) is 12.3 Å². The Labute approximate surface area is 259 Å². The lowest BCUT2D eigenvalue weighted by Gasteiger charge is -2.32. The fourth-order valence-electron chi connectivity index (χ4n) is 5.33. The Balaban J connectivity index is 1.37. The number of fused-ring (bicyclic) bond motifs is 1. The molecule has 1 saturated heterocycles. The molecule has 4 aromatic rings. The standard InChI is InChI=1S/C28H25ClF3N7O3S2/c29-19-13-16(30)4-5-18(19)25-24(21-6-10-39(36-21)28(31)32)22-14-17(15-38(22)26(35-25)27-34-9-11-43-27)37-44(41,42)12-7-23(40)20-3-1-2-8-33-20/h1-6,8-11,13,17,23,25,28,37,40H,7,12,14-15H2/t17-,23?,25-/m0/s1. The van der Waals surface area contributed by atoms with Gasteiger partial charge in [0.1, 0.15) is 11.9 Å². The molecule has 5 heterocycles. The number of thiazole rings is 1. The van der Waals surface area contributed by atoms with E-state index in [4.69, 9.17) is 16.6 Å². The molecule has 0 bridgehead atoms. The summed E-state index contributed by atoms with van der Waals surface area (Å²) in [5, 5.41) is 16.9. The number of hydrogen-bond acceptors (Lipinski definition) is 9. The number of alkyl halides is 2. The topological polar surface area (TPSA) is 126 Å². The first-order valence-corrected chi connectivity index (χ1v) is 16.4. The van der Waals surface area contributed by atoms with E-state index < -0.39 is 40.6 Å². The van der Waals surface area contributed by atoms with Gasteiger partial charge in [-0.15, -0.1) is 11.3 Å². The Hall–Kier alpha value is -3.63. The van der Waals surface area contributed by atoms with Crippen LogP contribution in [0.25, 0.3) is 5.57 Å². The van der Waals surface area contributed by atoms with Crippen LogP contribution in [0, 0.1) is 5.82 Å². The summed E-state index contributed by atoms with van der Waals surface area (Å²) in [7, 11) is -3.87. The van der Waals surface area contributed by atoms with Crippen molar-refractivity contribution in [3.63, 3.8) is 0 Å². The highest BCUT2D eigenvalue weighted by Crippen LogP contribution is 2.46. The Morgan fingerprint density at radius 2 is 2.00 bits per heavy atom. The first-order valence-electron chi connectivity index (χ1n) is 13.5. The van der Waals surface area contributed by atoms with E-state index in [2.05, 4.69) is 19.8 Å². The summed E-state index contributed by atoms with van der Waals surface area (Å²) in [6.45, 7) is -2.72. The van der Waals surface area contributed by atoms with E-state index in [0.29, 0.717) is 38.1 Å². The van der Waals surface area contributed by atoms with Crippen LogP contribution in [0.5, 0.6) is 0 Å². The highest BCUT2D eigenvalue weighted by molar-refractivity contribution is 7.89. The number of benzene rings is 1. The van der Waals surface area contributed by atoms with Crippen LogP contribution in [-0.2, 0) is 10.0 Å². The molecule has 2 aliphatic heterocycles. The van der Waals surface area contributed by atoms with Gasteiger partial charge in [0.25, 0.3) is 0 Å². The summed E-state index contributed by atoms with van der Waals surface area (Å²) in [4.78, 5) is 15.2. The smallest absolute Gasteiger partial charge is 0.333 e. The monoisotopic (exact) mass is 663 g/mol. The fourth-order valence-corrected chi connectivity index (χ4v) is 7.56. The lowest BCUT2D eigenvalue weighted by atomic mass is 9.92. The van der Waals surface area contributed by atoms with Crippen molar-refractivity contribution in [1.82, 2.24) is 29.4 Å². The van der Waals surface area contributed by atoms with Gasteiger partial charge in [0, 0.05) is 64.8 Å². The Morgan fingerprint density at radius 3 is 2.68 bits per heavy atom. The number of rotatable bonds is 10. The maximum Gasteiger partial charge on any atom is 0.333 e. The van der Waals surface area contributed by atoms with Crippen LogP contribution < -0.4 is 4.72 Å². The number of halogens is 4. The molecule has 0 amide bonds. The number of aliphatic imine (C=N–C) groups is 1. The zero-order chi connectivity index (χ0) is 31.0. The second-order valence-corrected chi connectivity index (χ2v) is 13.4. The number of aromatic nitrogens is 4. The summed E-state index contributed by atoms with van der Waals surface area (Å²) in [5.41, 5.74) is 2.01. The molecule has 1 fully saturated rings. The van der Waals surface area contributed by atoms with Crippen LogP contribution in [0.15, 0.2) is 77.1 Å². The molecule has 0 radical (unpaired) electrons. The second-order valence-electron chi connectivity index (χ2n) is 10.2. The lowest BCUT2D eigenvalue weighted by molar-refractivity contribution is 0.0564. The predicted molar refractivity (Wildman–Crippen MR) is 159 cm³/mol. The predicted octanol–water partition coefficient (Wildman–Crippen LogP) is 4.95. The highest BCUT2D eigenvalue weighted by atomic mass is 35.5. The number of amidine groups is 1. The fraction of sp³-hybridized carbons (Fsp3) is 0.286. The molecule has 44 heavy (non-hydrogen) atoms. The van der Waals surface area contributed by atoms with Crippen LogP contribution in [0.4, 0.5) is 13.2 Å². The van der Waals surface area contributed by atoms with Crippen LogP contribution in [0.3, 0.4) is 0 Å². The van der Waals surface area contributed by atoms with Crippen molar-refractivity contribution in [3.05, 3.63) is 105 Å². The number of aliphatic hydroxyl groups is 1. The number of aliphatic hydroxyl groups excluding tert-OH is 1. The third-order valence-corrected chi connectivity index (χ3v) is 9.82. The van der Waals surface area contributed by atoms with Crippen molar-refractivity contribution in [3.8, 4) is 0 Å². The van der Waals surface area contributed by atoms with Gasteiger partial charge in [-0.2, -0.15) is 13.9 Å². The van der Waals surface area contributed by atoms with Gasteiger partial charge in [-0.3, -0.25) is 9.98 Å². The van der Waals surface area contributed by atoms with Gasteiger partial charge in [0.2, 0.25) is 10.0 Å². The summed E-state index contributed by atoms with van der Waals surface area (Å²) in [5.74, 6) is -0.475. The summed E-state index contributed by atoms with van der Waals surface area (Å²) in [6.07, 6.45) is 3.30. The molecule has 230 valence electrons. The van der Waals surface area contributed by atoms with Crippen LogP contribution in [-0.4, -0.2) is 62.3 Å². The molecule has 0 aliphatic carbocycles. The SMILES string of the molecule is O=S(=O)(CCC(O)c1ccccn1)N[C@H]1CC2=C(c3ccn(C(F)F)n3)[C@H](c3ccc(F)cc3Cl)N=C(c3nccs3)N2C1. The Kier molecular flexibility index (Phi) is 8.57. The van der Waals surface area contributed by atoms with Gasteiger partial charge in [0.15, 0.2) is 10.8 Å². The number of nitrogens with zero attached hydrogens (tertiary/aromatic N) is 6. The van der Waals surface area contributed by atoms with E-state index >= 15 is 0 Å². The first-order chi connectivity index (χ1) is 21.1. The van der Waals surface area contributed by atoms with E-state index in [-0.39, 0.29) is 35.9 Å². The molecule has 3 aromatic heterocycles. The van der Waals surface area contributed by atoms with Gasteiger partial charge >= 0.3 is 6.55 Å². The summed E-state index contributed by atoms with van der Waals surface area (Å²) in [6, 6.07) is 8.79. The van der Waals surface area contributed by atoms with E-state index in [9.17, 15) is 26.7 Å². The van der Waals surface area contributed by atoms with Crippen molar-refractivity contribution >= 4 is 44.4 Å². The molecule has 6 rings (SSSR count). The molecule has 10 nitrogen and oxygen atoms in total. The molecule has 16 heteroatoms. The summed E-state index contributed by atoms with van der Waals surface area (Å²) < 4.78 is 70.7. The number of sulfonamides is 1. The minimum absolute atomic E-state index is 0.0707. The minimum atomic E-state index is -3.87. The number of pyridine rings is 1. The zero-order valence-electron chi connectivity index (χ0n) is 22.8. The number of hydrogen-bond donors (Lipinski definition) is 2. The van der Waals surface area contributed by atoms with Crippen molar-refractivity contribution in [2.24, 2.45) is 4.99 Å². The zero-order valence-corrected chi connectivity index (χ0v) is 25.2. The van der Waals surface area contributed by atoms with E-state index in [1.54, 1.807) is 34.7 Å². The third-order valence-electron chi connectivity index (χ3n) is 7.26. The van der Waals surface area contributed by atoms with E-state index in [1.807, 2.05) is 0 Å². The minimum Gasteiger partial charge on any atom is -0.387 e. The van der Waals surface area contributed by atoms with E-state index in [0.717, 1.165) is 12.3 Å². The van der Waals surface area contributed by atoms with Gasteiger partial charge in [0.05, 0.1) is 23.2 Å².